The Balaban J connectivity index is 1.61. The van der Waals surface area contributed by atoms with E-state index in [1.54, 1.807) is 18.2 Å². The van der Waals surface area contributed by atoms with E-state index in [9.17, 15) is 9.59 Å². The highest BCUT2D eigenvalue weighted by atomic mass is 16.2. The van der Waals surface area contributed by atoms with Crippen LogP contribution in [0.2, 0.25) is 0 Å². The number of rotatable bonds is 6. The minimum Gasteiger partial charge on any atom is -0.348 e. The second-order valence-electron chi connectivity index (χ2n) is 6.25. The minimum atomic E-state index is -0.194. The maximum absolute atomic E-state index is 12.5. The van der Waals surface area contributed by atoms with E-state index in [2.05, 4.69) is 15.5 Å². The molecule has 0 aliphatic carbocycles. The Morgan fingerprint density at radius 1 is 0.920 bits per heavy atom. The molecule has 2 aromatic rings. The predicted molar refractivity (Wildman–Crippen MR) is 98.4 cm³/mol. The van der Waals surface area contributed by atoms with Gasteiger partial charge in [-0.05, 0) is 43.6 Å². The zero-order valence-corrected chi connectivity index (χ0v) is 14.2. The van der Waals surface area contributed by atoms with Crippen LogP contribution in [-0.2, 0) is 11.3 Å². The van der Waals surface area contributed by atoms with E-state index in [1.165, 1.54) is 0 Å². The summed E-state index contributed by atoms with van der Waals surface area (Å²) in [6.07, 6.45) is 2.29. The van der Waals surface area contributed by atoms with Gasteiger partial charge in [0.05, 0.1) is 17.8 Å². The normalized spacial score (nSPS) is 14.2. The molecule has 0 aromatic heterocycles. The quantitative estimate of drug-likeness (QED) is 0.852. The van der Waals surface area contributed by atoms with E-state index in [1.807, 2.05) is 36.4 Å². The Morgan fingerprint density at radius 3 is 2.36 bits per heavy atom. The van der Waals surface area contributed by atoms with Crippen LogP contribution in [0.5, 0.6) is 0 Å². The van der Waals surface area contributed by atoms with E-state index >= 15 is 0 Å². The molecule has 2 aromatic carbocycles. The molecule has 130 valence electrons. The number of carbonyl (C=O) groups excluding carboxylic acids is 2. The Kier molecular flexibility index (Phi) is 5.80. The van der Waals surface area contributed by atoms with Crippen molar-refractivity contribution in [3.63, 3.8) is 0 Å². The van der Waals surface area contributed by atoms with Gasteiger partial charge in [-0.1, -0.05) is 42.5 Å². The zero-order valence-electron chi connectivity index (χ0n) is 14.2. The van der Waals surface area contributed by atoms with Crippen LogP contribution in [0, 0.1) is 0 Å². The summed E-state index contributed by atoms with van der Waals surface area (Å²) in [4.78, 5) is 26.9. The van der Waals surface area contributed by atoms with Crippen molar-refractivity contribution in [2.75, 3.05) is 25.0 Å². The first-order valence-corrected chi connectivity index (χ1v) is 8.66. The number of amides is 2. The highest BCUT2D eigenvalue weighted by Gasteiger charge is 2.17. The van der Waals surface area contributed by atoms with Crippen molar-refractivity contribution in [3.05, 3.63) is 65.7 Å². The van der Waals surface area contributed by atoms with Crippen molar-refractivity contribution in [1.82, 2.24) is 10.2 Å². The fourth-order valence-electron chi connectivity index (χ4n) is 3.00. The largest absolute Gasteiger partial charge is 0.348 e. The van der Waals surface area contributed by atoms with Crippen LogP contribution in [0.1, 0.15) is 28.8 Å². The molecule has 2 amide bonds. The van der Waals surface area contributed by atoms with E-state index < -0.39 is 0 Å². The Bertz CT molecular complexity index is 725. The molecule has 1 aliphatic heterocycles. The van der Waals surface area contributed by atoms with Crippen molar-refractivity contribution in [1.29, 1.82) is 0 Å². The molecule has 25 heavy (non-hydrogen) atoms. The summed E-state index contributed by atoms with van der Waals surface area (Å²) in [5.41, 5.74) is 2.07. The van der Waals surface area contributed by atoms with Crippen molar-refractivity contribution in [2.24, 2.45) is 0 Å². The SMILES string of the molecule is O=C(CN1CCCC1)Nc1ccccc1C(=O)NCc1ccccc1. The third kappa shape index (κ3) is 4.90. The number of nitrogens with one attached hydrogen (secondary N) is 2. The number of hydrogen-bond donors (Lipinski definition) is 2. The van der Waals surface area contributed by atoms with Crippen LogP contribution in [0.3, 0.4) is 0 Å². The minimum absolute atomic E-state index is 0.0785. The number of anilines is 1. The number of benzene rings is 2. The van der Waals surface area contributed by atoms with E-state index in [-0.39, 0.29) is 11.8 Å². The summed E-state index contributed by atoms with van der Waals surface area (Å²) >= 11 is 0. The van der Waals surface area contributed by atoms with Crippen LogP contribution in [-0.4, -0.2) is 36.3 Å². The molecule has 3 rings (SSSR count). The summed E-state index contributed by atoms with van der Waals surface area (Å²) in [6, 6.07) is 16.9. The first-order valence-electron chi connectivity index (χ1n) is 8.66. The van der Waals surface area contributed by atoms with Crippen LogP contribution >= 0.6 is 0 Å². The predicted octanol–water partition coefficient (Wildman–Crippen LogP) is 2.65. The molecule has 1 fully saturated rings. The molecule has 1 heterocycles. The lowest BCUT2D eigenvalue weighted by Crippen LogP contribution is -2.32. The molecule has 0 saturated carbocycles. The second kappa shape index (κ2) is 8.44. The molecule has 0 unspecified atom stereocenters. The number of nitrogens with zero attached hydrogens (tertiary/aromatic N) is 1. The third-order valence-corrected chi connectivity index (χ3v) is 4.31. The molecule has 1 saturated heterocycles. The second-order valence-corrected chi connectivity index (χ2v) is 6.25. The van der Waals surface area contributed by atoms with Gasteiger partial charge >= 0.3 is 0 Å². The average molecular weight is 337 g/mol. The summed E-state index contributed by atoms with van der Waals surface area (Å²) in [7, 11) is 0. The highest BCUT2D eigenvalue weighted by molar-refractivity contribution is 6.04. The van der Waals surface area contributed by atoms with Crippen LogP contribution in [0.25, 0.3) is 0 Å². The Labute approximate surface area is 148 Å². The van der Waals surface area contributed by atoms with Gasteiger partial charge in [-0.15, -0.1) is 0 Å². The monoisotopic (exact) mass is 337 g/mol. The van der Waals surface area contributed by atoms with Gasteiger partial charge in [-0.2, -0.15) is 0 Å². The Hall–Kier alpha value is -2.66. The molecule has 5 heteroatoms. The molecular formula is C20H23N3O2. The molecule has 0 atom stereocenters. The van der Waals surface area contributed by atoms with Crippen molar-refractivity contribution in [3.8, 4) is 0 Å². The standard InChI is InChI=1S/C20H23N3O2/c24-19(15-23-12-6-7-13-23)22-18-11-5-4-10-17(18)20(25)21-14-16-8-2-1-3-9-16/h1-5,8-11H,6-7,12-15H2,(H,21,25)(H,22,24). The maximum Gasteiger partial charge on any atom is 0.253 e. The number of carbonyl (C=O) groups is 2. The lowest BCUT2D eigenvalue weighted by atomic mass is 10.1. The molecule has 5 nitrogen and oxygen atoms in total. The molecule has 0 bridgehead atoms. The van der Waals surface area contributed by atoms with Gasteiger partial charge in [-0.3, -0.25) is 14.5 Å². The number of para-hydroxylation sites is 1. The molecule has 0 spiro atoms. The molecule has 1 aliphatic rings. The average Bonchev–Trinajstić information content (AvgIpc) is 3.14. The highest BCUT2D eigenvalue weighted by Crippen LogP contribution is 2.16. The van der Waals surface area contributed by atoms with Gasteiger partial charge in [-0.25, -0.2) is 0 Å². The topological polar surface area (TPSA) is 61.4 Å². The van der Waals surface area contributed by atoms with Crippen LogP contribution < -0.4 is 10.6 Å². The number of likely N-dealkylation sites (tertiary alicyclic amines) is 1. The van der Waals surface area contributed by atoms with Gasteiger partial charge < -0.3 is 10.6 Å². The van der Waals surface area contributed by atoms with E-state index in [0.29, 0.717) is 24.3 Å². The van der Waals surface area contributed by atoms with Gasteiger partial charge in [0.25, 0.3) is 5.91 Å². The first kappa shape index (κ1) is 17.2. The van der Waals surface area contributed by atoms with E-state index in [0.717, 1.165) is 31.5 Å². The van der Waals surface area contributed by atoms with Gasteiger partial charge in [0.15, 0.2) is 0 Å². The number of hydrogen-bond acceptors (Lipinski definition) is 3. The maximum atomic E-state index is 12.5. The summed E-state index contributed by atoms with van der Waals surface area (Å²) < 4.78 is 0. The van der Waals surface area contributed by atoms with Crippen molar-refractivity contribution >= 4 is 17.5 Å². The lowest BCUT2D eigenvalue weighted by molar-refractivity contribution is -0.117. The van der Waals surface area contributed by atoms with Crippen LogP contribution in [0.4, 0.5) is 5.69 Å². The molecular weight excluding hydrogens is 314 g/mol. The Morgan fingerprint density at radius 2 is 1.60 bits per heavy atom. The smallest absolute Gasteiger partial charge is 0.253 e. The zero-order chi connectivity index (χ0) is 17.5. The van der Waals surface area contributed by atoms with Gasteiger partial charge in [0, 0.05) is 6.54 Å². The van der Waals surface area contributed by atoms with Crippen molar-refractivity contribution in [2.45, 2.75) is 19.4 Å². The third-order valence-electron chi connectivity index (χ3n) is 4.31. The fraction of sp³-hybridized carbons (Fsp3) is 0.300. The summed E-state index contributed by atoms with van der Waals surface area (Å²) in [6.45, 7) is 2.76. The van der Waals surface area contributed by atoms with Crippen LogP contribution in [0.15, 0.2) is 54.6 Å². The van der Waals surface area contributed by atoms with Gasteiger partial charge in [0.2, 0.25) is 5.91 Å². The summed E-state index contributed by atoms with van der Waals surface area (Å²) in [5.74, 6) is -0.272. The van der Waals surface area contributed by atoms with Crippen molar-refractivity contribution < 1.29 is 9.59 Å². The molecule has 0 radical (unpaired) electrons. The van der Waals surface area contributed by atoms with Gasteiger partial charge in [0.1, 0.15) is 0 Å². The first-order chi connectivity index (χ1) is 12.2. The molecule has 2 N–H and O–H groups in total. The fourth-order valence-corrected chi connectivity index (χ4v) is 3.00. The van der Waals surface area contributed by atoms with E-state index in [4.69, 9.17) is 0 Å². The summed E-state index contributed by atoms with van der Waals surface area (Å²) in [5, 5.41) is 5.78. The lowest BCUT2D eigenvalue weighted by Gasteiger charge is -2.15.